The van der Waals surface area contributed by atoms with Crippen molar-refractivity contribution in [1.29, 1.82) is 0 Å². The lowest BCUT2D eigenvalue weighted by atomic mass is 10.0. The van der Waals surface area contributed by atoms with Crippen LogP contribution in [0.4, 0.5) is 0 Å². The Morgan fingerprint density at radius 2 is 2.13 bits per heavy atom. The number of ether oxygens (including phenoxy) is 1. The number of carbonyl (C=O) groups excluding carboxylic acids is 1. The molecule has 1 amide bonds. The van der Waals surface area contributed by atoms with E-state index in [-0.39, 0.29) is 5.91 Å². The maximum Gasteiger partial charge on any atom is 0.255 e. The Hall–Kier alpha value is -1.92. The summed E-state index contributed by atoms with van der Waals surface area (Å²) in [5.41, 5.74) is 1.35. The highest BCUT2D eigenvalue weighted by Gasteiger charge is 2.40. The molecule has 1 aromatic heterocycles. The summed E-state index contributed by atoms with van der Waals surface area (Å²) in [6.07, 6.45) is 0. The Bertz CT molecular complexity index is 724. The van der Waals surface area contributed by atoms with Crippen molar-refractivity contribution in [3.8, 4) is 0 Å². The second-order valence-electron chi connectivity index (χ2n) is 6.57. The molecule has 0 saturated carbocycles. The van der Waals surface area contributed by atoms with Crippen LogP contribution in [0.1, 0.15) is 12.7 Å². The maximum absolute atomic E-state index is 12.4. The second kappa shape index (κ2) is 5.94. The van der Waals surface area contributed by atoms with Gasteiger partial charge in [0.25, 0.3) is 5.91 Å². The second-order valence-corrected chi connectivity index (χ2v) is 6.57. The molecule has 1 aromatic carbocycles. The van der Waals surface area contributed by atoms with E-state index >= 15 is 0 Å². The Kier molecular flexibility index (Phi) is 4.12. The maximum atomic E-state index is 12.4. The van der Waals surface area contributed by atoms with Gasteiger partial charge in [0.05, 0.1) is 24.2 Å². The number of aryl methyl sites for hydroxylation is 1. The van der Waals surface area contributed by atoms with Crippen molar-refractivity contribution in [2.45, 2.75) is 19.1 Å². The van der Waals surface area contributed by atoms with E-state index in [0.717, 1.165) is 23.4 Å². The molecule has 1 saturated heterocycles. The summed E-state index contributed by atoms with van der Waals surface area (Å²) in [6, 6.07) is 8.12. The van der Waals surface area contributed by atoms with Gasteiger partial charge in [-0.25, -0.2) is 4.98 Å². The van der Waals surface area contributed by atoms with Crippen molar-refractivity contribution in [3.05, 3.63) is 30.1 Å². The highest BCUT2D eigenvalue weighted by Crippen LogP contribution is 2.22. The number of hydrogen-bond donors (Lipinski definition) is 0. The number of para-hydroxylation sites is 2. The van der Waals surface area contributed by atoms with Crippen molar-refractivity contribution in [1.82, 2.24) is 19.4 Å². The van der Waals surface area contributed by atoms with Gasteiger partial charge in [0, 0.05) is 34.2 Å². The SMILES string of the molecule is CN(C)C(=O)[C@@]1(C)CN(Cc2nc3ccccc3n2C)CCO1. The Morgan fingerprint density at radius 1 is 1.39 bits per heavy atom. The monoisotopic (exact) mass is 316 g/mol. The Morgan fingerprint density at radius 3 is 2.83 bits per heavy atom. The molecule has 0 aliphatic carbocycles. The molecule has 1 aliphatic heterocycles. The summed E-state index contributed by atoms with van der Waals surface area (Å²) in [5.74, 6) is 1.01. The average molecular weight is 316 g/mol. The van der Waals surface area contributed by atoms with Gasteiger partial charge in [-0.3, -0.25) is 9.69 Å². The number of imidazole rings is 1. The third-order valence-corrected chi connectivity index (χ3v) is 4.46. The molecule has 6 nitrogen and oxygen atoms in total. The fraction of sp³-hybridized carbons (Fsp3) is 0.529. The van der Waals surface area contributed by atoms with Crippen LogP contribution in [-0.4, -0.2) is 64.7 Å². The van der Waals surface area contributed by atoms with E-state index in [1.807, 2.05) is 32.2 Å². The lowest BCUT2D eigenvalue weighted by Gasteiger charge is -2.40. The number of hydrogen-bond acceptors (Lipinski definition) is 4. The van der Waals surface area contributed by atoms with Gasteiger partial charge >= 0.3 is 0 Å². The van der Waals surface area contributed by atoms with Crippen LogP contribution in [0.25, 0.3) is 11.0 Å². The minimum absolute atomic E-state index is 0.00667. The lowest BCUT2D eigenvalue weighted by Crippen LogP contribution is -2.57. The smallest absolute Gasteiger partial charge is 0.255 e. The molecule has 1 fully saturated rings. The van der Waals surface area contributed by atoms with Crippen LogP contribution in [0.5, 0.6) is 0 Å². The lowest BCUT2D eigenvalue weighted by molar-refractivity contribution is -0.165. The molecular formula is C17H24N4O2. The zero-order valence-corrected chi connectivity index (χ0v) is 14.2. The van der Waals surface area contributed by atoms with Crippen LogP contribution in [-0.2, 0) is 23.1 Å². The molecule has 3 rings (SSSR count). The molecule has 0 bridgehead atoms. The zero-order chi connectivity index (χ0) is 16.6. The molecule has 124 valence electrons. The van der Waals surface area contributed by atoms with Crippen LogP contribution in [0, 0.1) is 0 Å². The molecule has 2 heterocycles. The topological polar surface area (TPSA) is 50.6 Å². The van der Waals surface area contributed by atoms with E-state index in [2.05, 4.69) is 15.5 Å². The Labute approximate surface area is 136 Å². The van der Waals surface area contributed by atoms with Crippen molar-refractivity contribution < 1.29 is 9.53 Å². The first-order chi connectivity index (χ1) is 10.9. The molecule has 0 spiro atoms. The minimum atomic E-state index is -0.785. The number of rotatable bonds is 3. The number of fused-ring (bicyclic) bond motifs is 1. The molecular weight excluding hydrogens is 292 g/mol. The van der Waals surface area contributed by atoms with E-state index in [1.54, 1.807) is 19.0 Å². The summed E-state index contributed by atoms with van der Waals surface area (Å²) in [4.78, 5) is 20.9. The third-order valence-electron chi connectivity index (χ3n) is 4.46. The van der Waals surface area contributed by atoms with Gasteiger partial charge in [0.1, 0.15) is 5.82 Å². The summed E-state index contributed by atoms with van der Waals surface area (Å²) < 4.78 is 7.91. The number of amides is 1. The van der Waals surface area contributed by atoms with Crippen LogP contribution in [0.2, 0.25) is 0 Å². The number of aromatic nitrogens is 2. The molecule has 6 heteroatoms. The van der Waals surface area contributed by atoms with Crippen molar-refractivity contribution in [3.63, 3.8) is 0 Å². The van der Waals surface area contributed by atoms with E-state index in [0.29, 0.717) is 19.7 Å². The van der Waals surface area contributed by atoms with Crippen molar-refractivity contribution in [2.75, 3.05) is 33.8 Å². The summed E-state index contributed by atoms with van der Waals surface area (Å²) in [5, 5.41) is 0. The van der Waals surface area contributed by atoms with Gasteiger partial charge in [-0.1, -0.05) is 12.1 Å². The minimum Gasteiger partial charge on any atom is -0.363 e. The third kappa shape index (κ3) is 2.96. The van der Waals surface area contributed by atoms with Crippen LogP contribution >= 0.6 is 0 Å². The predicted octanol–water partition coefficient (Wildman–Crippen LogP) is 1.25. The number of morpholine rings is 1. The largest absolute Gasteiger partial charge is 0.363 e. The van der Waals surface area contributed by atoms with E-state index in [1.165, 1.54) is 0 Å². The first-order valence-corrected chi connectivity index (χ1v) is 7.89. The van der Waals surface area contributed by atoms with Gasteiger partial charge in [-0.2, -0.15) is 0 Å². The summed E-state index contributed by atoms with van der Waals surface area (Å²) >= 11 is 0. The van der Waals surface area contributed by atoms with Gasteiger partial charge in [0.15, 0.2) is 5.60 Å². The average Bonchev–Trinajstić information content (AvgIpc) is 2.83. The predicted molar refractivity (Wildman–Crippen MR) is 89.0 cm³/mol. The molecule has 0 N–H and O–H groups in total. The van der Waals surface area contributed by atoms with Crippen molar-refractivity contribution >= 4 is 16.9 Å². The van der Waals surface area contributed by atoms with Crippen LogP contribution in [0.15, 0.2) is 24.3 Å². The van der Waals surface area contributed by atoms with E-state index in [4.69, 9.17) is 9.72 Å². The summed E-state index contributed by atoms with van der Waals surface area (Å²) in [7, 11) is 5.57. The molecule has 1 aliphatic rings. The van der Waals surface area contributed by atoms with Gasteiger partial charge < -0.3 is 14.2 Å². The van der Waals surface area contributed by atoms with E-state index in [9.17, 15) is 4.79 Å². The number of benzene rings is 1. The van der Waals surface area contributed by atoms with E-state index < -0.39 is 5.60 Å². The molecule has 0 radical (unpaired) electrons. The highest BCUT2D eigenvalue weighted by atomic mass is 16.5. The standard InChI is InChI=1S/C17H24N4O2/c1-17(16(22)19(2)3)12-21(9-10-23-17)11-15-18-13-7-5-6-8-14(13)20(15)4/h5-8H,9-12H2,1-4H3/t17-/m1/s1. The van der Waals surface area contributed by atoms with Crippen LogP contribution in [0.3, 0.4) is 0 Å². The molecule has 2 aromatic rings. The molecule has 1 atom stereocenters. The van der Waals surface area contributed by atoms with Gasteiger partial charge in [-0.05, 0) is 19.1 Å². The van der Waals surface area contributed by atoms with Gasteiger partial charge in [0.2, 0.25) is 0 Å². The van der Waals surface area contributed by atoms with Crippen LogP contribution < -0.4 is 0 Å². The van der Waals surface area contributed by atoms with Gasteiger partial charge in [-0.15, -0.1) is 0 Å². The van der Waals surface area contributed by atoms with Crippen molar-refractivity contribution in [2.24, 2.45) is 7.05 Å². The number of carbonyl (C=O) groups is 1. The number of likely N-dealkylation sites (N-methyl/N-ethyl adjacent to an activating group) is 1. The Balaban J connectivity index is 1.79. The summed E-state index contributed by atoms with van der Waals surface area (Å²) in [6.45, 7) is 4.52. The molecule has 0 unspecified atom stereocenters. The first kappa shape index (κ1) is 16.0. The fourth-order valence-corrected chi connectivity index (χ4v) is 3.23. The highest BCUT2D eigenvalue weighted by molar-refractivity contribution is 5.84. The zero-order valence-electron chi connectivity index (χ0n) is 14.2. The quantitative estimate of drug-likeness (QED) is 0.855. The fourth-order valence-electron chi connectivity index (χ4n) is 3.23. The molecule has 23 heavy (non-hydrogen) atoms. The number of nitrogens with zero attached hydrogens (tertiary/aromatic N) is 4. The first-order valence-electron chi connectivity index (χ1n) is 7.89. The normalized spacial score (nSPS) is 22.4.